The van der Waals surface area contributed by atoms with Crippen molar-refractivity contribution in [2.45, 2.75) is 13.3 Å². The molecule has 0 aliphatic carbocycles. The molecule has 0 fully saturated rings. The molecule has 0 saturated heterocycles. The Morgan fingerprint density at radius 2 is 1.81 bits per heavy atom. The summed E-state index contributed by atoms with van der Waals surface area (Å²) in [6, 6.07) is 11.3. The zero-order chi connectivity index (χ0) is 19.1. The van der Waals surface area contributed by atoms with E-state index < -0.39 is 12.6 Å². The van der Waals surface area contributed by atoms with Gasteiger partial charge in [-0.15, -0.1) is 0 Å². The van der Waals surface area contributed by atoms with Crippen molar-refractivity contribution in [3.05, 3.63) is 58.6 Å². The van der Waals surface area contributed by atoms with Gasteiger partial charge >= 0.3 is 5.97 Å². The molecular formula is C19H18ClNO5. The van der Waals surface area contributed by atoms with Gasteiger partial charge in [0.1, 0.15) is 11.3 Å². The number of esters is 1. The van der Waals surface area contributed by atoms with E-state index in [9.17, 15) is 14.4 Å². The number of ether oxygens (including phenoxy) is 2. The molecular weight excluding hydrogens is 358 g/mol. The van der Waals surface area contributed by atoms with E-state index in [4.69, 9.17) is 21.1 Å². The second-order valence-electron chi connectivity index (χ2n) is 5.30. The van der Waals surface area contributed by atoms with Crippen molar-refractivity contribution in [2.75, 3.05) is 19.0 Å². The number of carbonyl (C=O) groups excluding carboxylic acids is 3. The van der Waals surface area contributed by atoms with Gasteiger partial charge in [0.15, 0.2) is 12.4 Å². The Labute approximate surface area is 156 Å². The standard InChI is InChI=1S/C19H18ClNO5/c1-3-18(23)21-15-10-17(25-2)13(9-14(15)20)19(24)26-11-16(22)12-7-5-4-6-8-12/h4-10H,3,11H2,1-2H3,(H,21,23). The van der Waals surface area contributed by atoms with Crippen LogP contribution in [0.3, 0.4) is 0 Å². The minimum Gasteiger partial charge on any atom is -0.496 e. The molecule has 0 bridgehead atoms. The number of nitrogens with one attached hydrogen (secondary N) is 1. The molecule has 26 heavy (non-hydrogen) atoms. The SMILES string of the molecule is CCC(=O)Nc1cc(OC)c(C(=O)OCC(=O)c2ccccc2)cc1Cl. The molecule has 136 valence electrons. The average Bonchev–Trinajstić information content (AvgIpc) is 2.67. The van der Waals surface area contributed by atoms with Crippen LogP contribution in [0.1, 0.15) is 34.1 Å². The lowest BCUT2D eigenvalue weighted by molar-refractivity contribution is -0.115. The minimum atomic E-state index is -0.749. The number of anilines is 1. The Hall–Kier alpha value is -2.86. The third-order valence-electron chi connectivity index (χ3n) is 3.53. The summed E-state index contributed by atoms with van der Waals surface area (Å²) in [6.45, 7) is 1.30. The number of rotatable bonds is 7. The van der Waals surface area contributed by atoms with Crippen LogP contribution < -0.4 is 10.1 Å². The van der Waals surface area contributed by atoms with E-state index >= 15 is 0 Å². The molecule has 0 unspecified atom stereocenters. The molecule has 0 aliphatic heterocycles. The highest BCUT2D eigenvalue weighted by Crippen LogP contribution is 2.31. The second-order valence-corrected chi connectivity index (χ2v) is 5.71. The molecule has 7 heteroatoms. The summed E-state index contributed by atoms with van der Waals surface area (Å²) in [5.41, 5.74) is 0.836. The molecule has 2 rings (SSSR count). The predicted octanol–water partition coefficient (Wildman–Crippen LogP) is 3.74. The third kappa shape index (κ3) is 4.83. The Balaban J connectivity index is 2.14. The van der Waals surface area contributed by atoms with Gasteiger partial charge in [0.25, 0.3) is 0 Å². The van der Waals surface area contributed by atoms with Gasteiger partial charge in [0.05, 0.1) is 17.8 Å². The highest BCUT2D eigenvalue weighted by Gasteiger charge is 2.19. The van der Waals surface area contributed by atoms with E-state index in [1.165, 1.54) is 19.2 Å². The third-order valence-corrected chi connectivity index (χ3v) is 3.85. The summed E-state index contributed by atoms with van der Waals surface area (Å²) in [6.07, 6.45) is 0.282. The first-order valence-electron chi connectivity index (χ1n) is 7.89. The van der Waals surface area contributed by atoms with Gasteiger partial charge in [-0.3, -0.25) is 9.59 Å². The number of halogens is 1. The molecule has 0 radical (unpaired) electrons. The summed E-state index contributed by atoms with van der Waals surface area (Å²) in [5, 5.41) is 2.78. The number of methoxy groups -OCH3 is 1. The number of carbonyl (C=O) groups is 3. The van der Waals surface area contributed by atoms with Crippen molar-refractivity contribution in [3.63, 3.8) is 0 Å². The maximum Gasteiger partial charge on any atom is 0.342 e. The van der Waals surface area contributed by atoms with E-state index in [1.807, 2.05) is 0 Å². The number of ketones is 1. The van der Waals surface area contributed by atoms with Crippen LogP contribution in [0.25, 0.3) is 0 Å². The summed E-state index contributed by atoms with van der Waals surface area (Å²) in [5.74, 6) is -1.12. The van der Waals surface area contributed by atoms with Gasteiger partial charge in [-0.1, -0.05) is 48.9 Å². The summed E-state index contributed by atoms with van der Waals surface area (Å²) < 4.78 is 10.2. The van der Waals surface area contributed by atoms with E-state index in [0.29, 0.717) is 11.3 Å². The van der Waals surface area contributed by atoms with E-state index in [-0.39, 0.29) is 34.4 Å². The molecule has 0 aromatic heterocycles. The fourth-order valence-corrected chi connectivity index (χ4v) is 2.34. The van der Waals surface area contributed by atoms with Crippen LogP contribution in [-0.4, -0.2) is 31.4 Å². The van der Waals surface area contributed by atoms with Crippen molar-refractivity contribution in [2.24, 2.45) is 0 Å². The maximum atomic E-state index is 12.3. The molecule has 0 heterocycles. The van der Waals surface area contributed by atoms with E-state index in [0.717, 1.165) is 0 Å². The largest absolute Gasteiger partial charge is 0.496 e. The Morgan fingerprint density at radius 3 is 2.42 bits per heavy atom. The van der Waals surface area contributed by atoms with Crippen LogP contribution in [-0.2, 0) is 9.53 Å². The van der Waals surface area contributed by atoms with Crippen molar-refractivity contribution >= 4 is 34.9 Å². The van der Waals surface area contributed by atoms with Crippen molar-refractivity contribution in [3.8, 4) is 5.75 Å². The second kappa shape index (κ2) is 9.01. The number of hydrogen-bond donors (Lipinski definition) is 1. The van der Waals surface area contributed by atoms with Crippen LogP contribution in [0.2, 0.25) is 5.02 Å². The lowest BCUT2D eigenvalue weighted by Crippen LogP contribution is -2.15. The zero-order valence-electron chi connectivity index (χ0n) is 14.4. The van der Waals surface area contributed by atoms with E-state index in [1.54, 1.807) is 37.3 Å². The molecule has 0 spiro atoms. The fourth-order valence-electron chi connectivity index (χ4n) is 2.13. The monoisotopic (exact) mass is 375 g/mol. The normalized spacial score (nSPS) is 10.1. The first-order valence-corrected chi connectivity index (χ1v) is 8.26. The fraction of sp³-hybridized carbons (Fsp3) is 0.211. The van der Waals surface area contributed by atoms with Crippen LogP contribution in [0, 0.1) is 0 Å². The average molecular weight is 376 g/mol. The van der Waals surface area contributed by atoms with E-state index in [2.05, 4.69) is 5.32 Å². The molecule has 0 saturated carbocycles. The highest BCUT2D eigenvalue weighted by molar-refractivity contribution is 6.34. The highest BCUT2D eigenvalue weighted by atomic mass is 35.5. The molecule has 2 aromatic rings. The van der Waals surface area contributed by atoms with Gasteiger partial charge < -0.3 is 14.8 Å². The quantitative estimate of drug-likeness (QED) is 0.589. The maximum absolute atomic E-state index is 12.3. The molecule has 0 aliphatic rings. The smallest absolute Gasteiger partial charge is 0.342 e. The minimum absolute atomic E-state index is 0.0628. The van der Waals surface area contributed by atoms with Crippen LogP contribution in [0.4, 0.5) is 5.69 Å². The Bertz CT molecular complexity index is 820. The Morgan fingerprint density at radius 1 is 1.12 bits per heavy atom. The van der Waals surface area contributed by atoms with Crippen LogP contribution in [0.5, 0.6) is 5.75 Å². The summed E-state index contributed by atoms with van der Waals surface area (Å²) >= 11 is 6.12. The van der Waals surface area contributed by atoms with Crippen molar-refractivity contribution in [1.29, 1.82) is 0 Å². The molecule has 0 atom stereocenters. The molecule has 2 aromatic carbocycles. The summed E-state index contributed by atoms with van der Waals surface area (Å²) in [7, 11) is 1.38. The number of hydrogen-bond acceptors (Lipinski definition) is 5. The van der Waals surface area contributed by atoms with Crippen molar-refractivity contribution in [1.82, 2.24) is 0 Å². The lowest BCUT2D eigenvalue weighted by atomic mass is 10.1. The van der Waals surface area contributed by atoms with Gasteiger partial charge in [0.2, 0.25) is 5.91 Å². The molecule has 1 N–H and O–H groups in total. The first kappa shape index (κ1) is 19.5. The predicted molar refractivity (Wildman–Crippen MR) is 98.0 cm³/mol. The van der Waals surface area contributed by atoms with Gasteiger partial charge in [-0.2, -0.15) is 0 Å². The number of benzene rings is 2. The summed E-state index contributed by atoms with van der Waals surface area (Å²) in [4.78, 5) is 35.9. The Kier molecular flexibility index (Phi) is 6.74. The van der Waals surface area contributed by atoms with Crippen LogP contribution in [0.15, 0.2) is 42.5 Å². The first-order chi connectivity index (χ1) is 12.5. The topological polar surface area (TPSA) is 81.7 Å². The van der Waals surface area contributed by atoms with Crippen LogP contribution >= 0.6 is 11.6 Å². The lowest BCUT2D eigenvalue weighted by Gasteiger charge is -2.13. The zero-order valence-corrected chi connectivity index (χ0v) is 15.1. The van der Waals surface area contributed by atoms with Crippen molar-refractivity contribution < 1.29 is 23.9 Å². The molecule has 1 amide bonds. The van der Waals surface area contributed by atoms with Gasteiger partial charge in [0, 0.05) is 18.1 Å². The number of amides is 1. The van der Waals surface area contributed by atoms with Gasteiger partial charge in [-0.05, 0) is 6.07 Å². The molecule has 6 nitrogen and oxygen atoms in total. The number of Topliss-reactive ketones (excluding diaryl/α,β-unsaturated/α-hetero) is 1. The van der Waals surface area contributed by atoms with Gasteiger partial charge in [-0.25, -0.2) is 4.79 Å².